The highest BCUT2D eigenvalue weighted by Gasteiger charge is 2.26. The second kappa shape index (κ2) is 8.13. The van der Waals surface area contributed by atoms with Crippen molar-refractivity contribution in [1.82, 2.24) is 14.8 Å². The highest BCUT2D eigenvalue weighted by Crippen LogP contribution is 2.17. The van der Waals surface area contributed by atoms with E-state index in [4.69, 9.17) is 10.00 Å². The molecule has 6 heteroatoms. The van der Waals surface area contributed by atoms with Crippen molar-refractivity contribution in [2.75, 3.05) is 57.3 Å². The maximum absolute atomic E-state index is 9.17. The Bertz CT molecular complexity index is 619. The van der Waals surface area contributed by atoms with Gasteiger partial charge in [-0.2, -0.15) is 5.26 Å². The molecule has 2 aliphatic rings. The molecule has 2 saturated heterocycles. The third kappa shape index (κ3) is 4.49. The van der Waals surface area contributed by atoms with E-state index in [1.165, 1.54) is 0 Å². The summed E-state index contributed by atoms with van der Waals surface area (Å²) in [4.78, 5) is 11.8. The van der Waals surface area contributed by atoms with Crippen molar-refractivity contribution in [3.05, 3.63) is 23.4 Å². The fourth-order valence-electron chi connectivity index (χ4n) is 3.58. The summed E-state index contributed by atoms with van der Waals surface area (Å²) in [5, 5.41) is 9.17. The van der Waals surface area contributed by atoms with Crippen LogP contribution < -0.4 is 4.90 Å². The van der Waals surface area contributed by atoms with Gasteiger partial charge in [-0.15, -0.1) is 0 Å². The van der Waals surface area contributed by atoms with Gasteiger partial charge in [0.25, 0.3) is 0 Å². The summed E-state index contributed by atoms with van der Waals surface area (Å²) in [6, 6.07) is 6.78. The Morgan fingerprint density at radius 2 is 2.00 bits per heavy atom. The monoisotopic (exact) mass is 343 g/mol. The molecule has 1 atom stereocenters. The third-order valence-corrected chi connectivity index (χ3v) is 5.25. The zero-order valence-corrected chi connectivity index (χ0v) is 15.6. The molecule has 25 heavy (non-hydrogen) atoms. The number of anilines is 1. The number of hydrogen-bond donors (Lipinski definition) is 0. The molecule has 0 N–H and O–H groups in total. The largest absolute Gasteiger partial charge is 0.374 e. The summed E-state index contributed by atoms with van der Waals surface area (Å²) in [5.74, 6) is 0.918. The first-order valence-electron chi connectivity index (χ1n) is 9.27. The molecule has 1 aromatic heterocycles. The molecular weight excluding hydrogens is 314 g/mol. The lowest BCUT2D eigenvalue weighted by Crippen LogP contribution is -2.53. The zero-order valence-electron chi connectivity index (χ0n) is 15.6. The van der Waals surface area contributed by atoms with Gasteiger partial charge in [-0.3, -0.25) is 9.80 Å². The highest BCUT2D eigenvalue weighted by molar-refractivity contribution is 5.45. The van der Waals surface area contributed by atoms with Crippen LogP contribution in [0.2, 0.25) is 0 Å². The van der Waals surface area contributed by atoms with E-state index in [9.17, 15) is 0 Å². The summed E-state index contributed by atoms with van der Waals surface area (Å²) in [5.41, 5.74) is 1.47. The lowest BCUT2D eigenvalue weighted by Gasteiger charge is -2.40. The highest BCUT2D eigenvalue weighted by atomic mass is 16.5. The SMILES string of the molecule is Cc1ccc(N2CCN(CC3CN(C(C)C)CCO3)CC2)nc1C#N. The van der Waals surface area contributed by atoms with E-state index in [0.717, 1.165) is 63.8 Å². The number of aromatic nitrogens is 1. The quantitative estimate of drug-likeness (QED) is 0.826. The predicted molar refractivity (Wildman–Crippen MR) is 98.8 cm³/mol. The van der Waals surface area contributed by atoms with Crippen molar-refractivity contribution < 1.29 is 4.74 Å². The van der Waals surface area contributed by atoms with Crippen LogP contribution in [0.1, 0.15) is 25.1 Å². The van der Waals surface area contributed by atoms with Crippen LogP contribution in [0.25, 0.3) is 0 Å². The van der Waals surface area contributed by atoms with E-state index in [2.05, 4.69) is 39.6 Å². The summed E-state index contributed by atoms with van der Waals surface area (Å²) in [6.07, 6.45) is 0.311. The smallest absolute Gasteiger partial charge is 0.145 e. The molecule has 3 rings (SSSR count). The maximum Gasteiger partial charge on any atom is 0.145 e. The number of pyridine rings is 1. The Kier molecular flexibility index (Phi) is 5.89. The van der Waals surface area contributed by atoms with Crippen LogP contribution in [0.4, 0.5) is 5.82 Å². The first kappa shape index (κ1) is 18.1. The molecule has 0 bridgehead atoms. The maximum atomic E-state index is 9.17. The minimum atomic E-state index is 0.311. The number of piperazine rings is 1. The van der Waals surface area contributed by atoms with Crippen LogP contribution in [-0.4, -0.2) is 79.3 Å². The molecule has 0 saturated carbocycles. The molecule has 3 heterocycles. The number of rotatable bonds is 4. The first-order chi connectivity index (χ1) is 12.1. The molecule has 0 aromatic carbocycles. The lowest BCUT2D eigenvalue weighted by molar-refractivity contribution is -0.0525. The van der Waals surface area contributed by atoms with E-state index in [1.807, 2.05) is 19.1 Å². The number of morpholine rings is 1. The Morgan fingerprint density at radius 1 is 1.24 bits per heavy atom. The molecule has 2 aliphatic heterocycles. The topological polar surface area (TPSA) is 55.6 Å². The predicted octanol–water partition coefficient (Wildman–Crippen LogP) is 1.49. The van der Waals surface area contributed by atoms with Crippen LogP contribution >= 0.6 is 0 Å². The Balaban J connectivity index is 1.51. The fourth-order valence-corrected chi connectivity index (χ4v) is 3.58. The number of hydrogen-bond acceptors (Lipinski definition) is 6. The molecule has 0 spiro atoms. The van der Waals surface area contributed by atoms with Crippen LogP contribution in [0, 0.1) is 18.3 Å². The van der Waals surface area contributed by atoms with Gasteiger partial charge in [-0.1, -0.05) is 6.07 Å². The second-order valence-corrected chi connectivity index (χ2v) is 7.32. The minimum absolute atomic E-state index is 0.311. The molecule has 6 nitrogen and oxygen atoms in total. The first-order valence-corrected chi connectivity index (χ1v) is 9.27. The standard InChI is InChI=1S/C19H29N5O/c1-15(2)24-10-11-25-17(14-24)13-22-6-8-23(9-7-22)19-5-4-16(3)18(12-20)21-19/h4-5,15,17H,6-11,13-14H2,1-3H3. The number of nitriles is 1. The summed E-state index contributed by atoms with van der Waals surface area (Å²) >= 11 is 0. The van der Waals surface area contributed by atoms with Gasteiger partial charge >= 0.3 is 0 Å². The molecule has 2 fully saturated rings. The Morgan fingerprint density at radius 3 is 2.68 bits per heavy atom. The molecule has 136 valence electrons. The van der Waals surface area contributed by atoms with Crippen LogP contribution in [-0.2, 0) is 4.74 Å². The third-order valence-electron chi connectivity index (χ3n) is 5.25. The average molecular weight is 343 g/mol. The van der Waals surface area contributed by atoms with E-state index < -0.39 is 0 Å². The summed E-state index contributed by atoms with van der Waals surface area (Å²) in [6.45, 7) is 14.3. The lowest BCUT2D eigenvalue weighted by atomic mass is 10.2. The zero-order chi connectivity index (χ0) is 17.8. The van der Waals surface area contributed by atoms with Crippen molar-refractivity contribution in [2.45, 2.75) is 32.9 Å². The summed E-state index contributed by atoms with van der Waals surface area (Å²) in [7, 11) is 0. The molecule has 1 unspecified atom stereocenters. The van der Waals surface area contributed by atoms with E-state index in [-0.39, 0.29) is 0 Å². The van der Waals surface area contributed by atoms with Crippen molar-refractivity contribution >= 4 is 5.82 Å². The molecular formula is C19H29N5O. The van der Waals surface area contributed by atoms with Crippen LogP contribution in [0.15, 0.2) is 12.1 Å². The Labute approximate surface area is 151 Å². The number of nitrogens with zero attached hydrogens (tertiary/aromatic N) is 5. The molecule has 1 aromatic rings. The van der Waals surface area contributed by atoms with Crippen LogP contribution in [0.3, 0.4) is 0 Å². The van der Waals surface area contributed by atoms with E-state index >= 15 is 0 Å². The van der Waals surface area contributed by atoms with Crippen LogP contribution in [0.5, 0.6) is 0 Å². The average Bonchev–Trinajstić information content (AvgIpc) is 2.63. The van der Waals surface area contributed by atoms with Gasteiger partial charge in [0.05, 0.1) is 12.7 Å². The molecule has 0 aliphatic carbocycles. The van der Waals surface area contributed by atoms with Crippen molar-refractivity contribution in [3.8, 4) is 6.07 Å². The second-order valence-electron chi connectivity index (χ2n) is 7.32. The van der Waals surface area contributed by atoms with Gasteiger partial charge in [0.1, 0.15) is 17.6 Å². The fraction of sp³-hybridized carbons (Fsp3) is 0.684. The Hall–Kier alpha value is -1.68. The summed E-state index contributed by atoms with van der Waals surface area (Å²) < 4.78 is 5.97. The normalized spacial score (nSPS) is 23.0. The molecule has 0 radical (unpaired) electrons. The van der Waals surface area contributed by atoms with Gasteiger partial charge in [-0.25, -0.2) is 4.98 Å². The van der Waals surface area contributed by atoms with Gasteiger partial charge in [0.15, 0.2) is 0 Å². The van der Waals surface area contributed by atoms with Crippen molar-refractivity contribution in [2.24, 2.45) is 0 Å². The van der Waals surface area contributed by atoms with Crippen molar-refractivity contribution in [1.29, 1.82) is 5.26 Å². The van der Waals surface area contributed by atoms with Gasteiger partial charge in [-0.05, 0) is 32.4 Å². The number of ether oxygens (including phenoxy) is 1. The van der Waals surface area contributed by atoms with E-state index in [1.54, 1.807) is 0 Å². The minimum Gasteiger partial charge on any atom is -0.374 e. The van der Waals surface area contributed by atoms with Gasteiger partial charge in [0, 0.05) is 51.9 Å². The van der Waals surface area contributed by atoms with E-state index in [0.29, 0.717) is 17.8 Å². The van der Waals surface area contributed by atoms with Gasteiger partial charge in [0.2, 0.25) is 0 Å². The van der Waals surface area contributed by atoms with Gasteiger partial charge < -0.3 is 9.64 Å². The molecule has 0 amide bonds. The van der Waals surface area contributed by atoms with Crippen molar-refractivity contribution in [3.63, 3.8) is 0 Å². The number of aryl methyl sites for hydroxylation is 1.